The molecule has 1 N–H and O–H groups in total. The number of hydrogen-bond donors (Lipinski definition) is 1. The number of nitrogens with one attached hydrogen (secondary N) is 1. The fourth-order valence-electron chi connectivity index (χ4n) is 5.29. The SMILES string of the molecule is O=C(NCC1(N2CCOCC2)CCCCC1)N1CCCC[C@H]1c1cccnc1. The first-order chi connectivity index (χ1) is 13.8. The first-order valence-electron chi connectivity index (χ1n) is 11.1. The van der Waals surface area contributed by atoms with Gasteiger partial charge in [0.2, 0.25) is 0 Å². The van der Waals surface area contributed by atoms with Gasteiger partial charge in [-0.2, -0.15) is 0 Å². The molecule has 0 bridgehead atoms. The molecule has 3 fully saturated rings. The van der Waals surface area contributed by atoms with Crippen molar-refractivity contribution in [2.24, 2.45) is 0 Å². The second-order valence-corrected chi connectivity index (χ2v) is 8.53. The number of nitrogens with zero attached hydrogens (tertiary/aromatic N) is 3. The van der Waals surface area contributed by atoms with Gasteiger partial charge in [0, 0.05) is 44.1 Å². The van der Waals surface area contributed by atoms with Crippen LogP contribution < -0.4 is 5.32 Å². The quantitative estimate of drug-likeness (QED) is 0.862. The molecule has 2 amide bonds. The number of pyridine rings is 1. The van der Waals surface area contributed by atoms with Gasteiger partial charge in [-0.25, -0.2) is 4.79 Å². The summed E-state index contributed by atoms with van der Waals surface area (Å²) in [7, 11) is 0. The summed E-state index contributed by atoms with van der Waals surface area (Å²) in [5.74, 6) is 0. The van der Waals surface area contributed by atoms with Crippen LogP contribution in [0.15, 0.2) is 24.5 Å². The van der Waals surface area contributed by atoms with Crippen molar-refractivity contribution >= 4 is 6.03 Å². The molecule has 2 saturated heterocycles. The summed E-state index contributed by atoms with van der Waals surface area (Å²) in [6.45, 7) is 5.17. The zero-order valence-electron chi connectivity index (χ0n) is 16.9. The summed E-state index contributed by atoms with van der Waals surface area (Å²) in [5, 5.41) is 3.34. The third-order valence-corrected chi connectivity index (χ3v) is 6.87. The fraction of sp³-hybridized carbons (Fsp3) is 0.727. The second-order valence-electron chi connectivity index (χ2n) is 8.53. The predicted octanol–water partition coefficient (Wildman–Crippen LogP) is 3.35. The highest BCUT2D eigenvalue weighted by atomic mass is 16.5. The number of piperidine rings is 1. The summed E-state index contributed by atoms with van der Waals surface area (Å²) in [6, 6.07) is 4.30. The van der Waals surface area contributed by atoms with E-state index in [0.717, 1.165) is 57.8 Å². The van der Waals surface area contributed by atoms with Crippen molar-refractivity contribution in [2.75, 3.05) is 39.4 Å². The molecule has 28 heavy (non-hydrogen) atoms. The number of hydrogen-bond acceptors (Lipinski definition) is 4. The summed E-state index contributed by atoms with van der Waals surface area (Å²) in [5.41, 5.74) is 1.26. The maximum Gasteiger partial charge on any atom is 0.317 e. The van der Waals surface area contributed by atoms with Gasteiger partial charge in [-0.1, -0.05) is 25.3 Å². The van der Waals surface area contributed by atoms with Gasteiger partial charge in [-0.05, 0) is 43.7 Å². The van der Waals surface area contributed by atoms with Crippen molar-refractivity contribution in [3.8, 4) is 0 Å². The molecule has 154 valence electrons. The van der Waals surface area contributed by atoms with Gasteiger partial charge in [0.1, 0.15) is 0 Å². The monoisotopic (exact) mass is 386 g/mol. The van der Waals surface area contributed by atoms with E-state index < -0.39 is 0 Å². The Labute approximate surface area is 168 Å². The van der Waals surface area contributed by atoms with Crippen molar-refractivity contribution in [2.45, 2.75) is 62.9 Å². The number of urea groups is 1. The van der Waals surface area contributed by atoms with Gasteiger partial charge >= 0.3 is 6.03 Å². The van der Waals surface area contributed by atoms with E-state index in [1.54, 1.807) is 6.20 Å². The highest BCUT2D eigenvalue weighted by Crippen LogP contribution is 2.35. The molecule has 4 rings (SSSR count). The number of carbonyl (C=O) groups excluding carboxylic acids is 1. The van der Waals surface area contributed by atoms with Crippen LogP contribution in [0.5, 0.6) is 0 Å². The van der Waals surface area contributed by atoms with Crippen molar-refractivity contribution in [3.63, 3.8) is 0 Å². The van der Waals surface area contributed by atoms with E-state index in [4.69, 9.17) is 4.74 Å². The van der Waals surface area contributed by atoms with Crippen molar-refractivity contribution in [1.29, 1.82) is 0 Å². The van der Waals surface area contributed by atoms with Gasteiger partial charge < -0.3 is 15.0 Å². The molecule has 0 unspecified atom stereocenters. The normalized spacial score (nSPS) is 26.0. The second kappa shape index (κ2) is 9.23. The average Bonchev–Trinajstić information content (AvgIpc) is 2.79. The average molecular weight is 387 g/mol. The molecule has 1 aromatic heterocycles. The lowest BCUT2D eigenvalue weighted by Crippen LogP contribution is -2.60. The van der Waals surface area contributed by atoms with Crippen molar-refractivity contribution in [3.05, 3.63) is 30.1 Å². The van der Waals surface area contributed by atoms with Gasteiger partial charge in [0.15, 0.2) is 0 Å². The minimum atomic E-state index is 0.0896. The van der Waals surface area contributed by atoms with Crippen molar-refractivity contribution in [1.82, 2.24) is 20.1 Å². The van der Waals surface area contributed by atoms with E-state index in [9.17, 15) is 4.79 Å². The van der Waals surface area contributed by atoms with E-state index in [1.165, 1.54) is 38.5 Å². The predicted molar refractivity (Wildman–Crippen MR) is 109 cm³/mol. The minimum absolute atomic E-state index is 0.0896. The van der Waals surface area contributed by atoms with Crippen LogP contribution in [0.25, 0.3) is 0 Å². The van der Waals surface area contributed by atoms with Crippen LogP contribution in [0.1, 0.15) is 63.0 Å². The largest absolute Gasteiger partial charge is 0.379 e. The van der Waals surface area contributed by atoms with Crippen LogP contribution in [0.3, 0.4) is 0 Å². The van der Waals surface area contributed by atoms with Crippen LogP contribution in [-0.4, -0.2) is 65.7 Å². The maximum atomic E-state index is 13.2. The van der Waals surface area contributed by atoms with Crippen molar-refractivity contribution < 1.29 is 9.53 Å². The highest BCUT2D eigenvalue weighted by molar-refractivity contribution is 5.75. The molecule has 1 saturated carbocycles. The van der Waals surface area contributed by atoms with Crippen LogP contribution in [0.4, 0.5) is 4.79 Å². The molecule has 0 radical (unpaired) electrons. The lowest BCUT2D eigenvalue weighted by Gasteiger charge is -2.48. The number of ether oxygens (including phenoxy) is 1. The Bertz CT molecular complexity index is 627. The lowest BCUT2D eigenvalue weighted by molar-refractivity contribution is -0.0362. The molecule has 1 atom stereocenters. The van der Waals surface area contributed by atoms with E-state index >= 15 is 0 Å². The number of rotatable bonds is 4. The number of aromatic nitrogens is 1. The maximum absolute atomic E-state index is 13.2. The molecule has 1 aliphatic carbocycles. The Kier molecular flexibility index (Phi) is 6.47. The first-order valence-corrected chi connectivity index (χ1v) is 11.1. The Hall–Kier alpha value is -1.66. The highest BCUT2D eigenvalue weighted by Gasteiger charge is 2.39. The number of amides is 2. The number of carbonyl (C=O) groups is 1. The molecule has 3 aliphatic rings. The van der Waals surface area contributed by atoms with E-state index in [-0.39, 0.29) is 17.6 Å². The van der Waals surface area contributed by atoms with Gasteiger partial charge in [0.05, 0.1) is 19.3 Å². The number of morpholine rings is 1. The summed E-state index contributed by atoms with van der Waals surface area (Å²) in [6.07, 6.45) is 13.2. The molecular formula is C22H34N4O2. The third-order valence-electron chi connectivity index (χ3n) is 6.87. The molecule has 6 heteroatoms. The summed E-state index contributed by atoms with van der Waals surface area (Å²) >= 11 is 0. The molecule has 3 heterocycles. The fourth-order valence-corrected chi connectivity index (χ4v) is 5.29. The van der Waals surface area contributed by atoms with E-state index in [2.05, 4.69) is 21.3 Å². The molecule has 6 nitrogen and oxygen atoms in total. The van der Waals surface area contributed by atoms with Crippen LogP contribution in [0, 0.1) is 0 Å². The zero-order valence-corrected chi connectivity index (χ0v) is 16.9. The van der Waals surface area contributed by atoms with E-state index in [1.807, 2.05) is 17.2 Å². The smallest absolute Gasteiger partial charge is 0.317 e. The third kappa shape index (κ3) is 4.33. The van der Waals surface area contributed by atoms with E-state index in [0.29, 0.717) is 0 Å². The zero-order chi connectivity index (χ0) is 19.2. The summed E-state index contributed by atoms with van der Waals surface area (Å²) < 4.78 is 5.58. The van der Waals surface area contributed by atoms with Crippen LogP contribution >= 0.6 is 0 Å². The van der Waals surface area contributed by atoms with Crippen LogP contribution in [-0.2, 0) is 4.74 Å². The Morgan fingerprint density at radius 3 is 2.71 bits per heavy atom. The Morgan fingerprint density at radius 2 is 1.96 bits per heavy atom. The molecular weight excluding hydrogens is 352 g/mol. The number of likely N-dealkylation sites (tertiary alicyclic amines) is 1. The van der Waals surface area contributed by atoms with Crippen LogP contribution in [0.2, 0.25) is 0 Å². The molecule has 2 aliphatic heterocycles. The molecule has 1 aromatic rings. The minimum Gasteiger partial charge on any atom is -0.379 e. The Morgan fingerprint density at radius 1 is 1.14 bits per heavy atom. The molecule has 0 spiro atoms. The van der Waals surface area contributed by atoms with Gasteiger partial charge in [0.25, 0.3) is 0 Å². The summed E-state index contributed by atoms with van der Waals surface area (Å²) in [4.78, 5) is 22.1. The standard InChI is InChI=1S/C22H34N4O2/c27-21(26-12-5-2-8-20(26)19-7-6-11-23-17-19)24-18-22(9-3-1-4-10-22)25-13-15-28-16-14-25/h6-7,11,17,20H,1-5,8-10,12-16,18H2,(H,24,27)/t20-/m0/s1. The Balaban J connectivity index is 1.43. The van der Waals surface area contributed by atoms with Gasteiger partial charge in [-0.15, -0.1) is 0 Å². The molecule has 0 aromatic carbocycles. The lowest BCUT2D eigenvalue weighted by atomic mass is 9.79. The first kappa shape index (κ1) is 19.6. The topological polar surface area (TPSA) is 57.7 Å². The van der Waals surface area contributed by atoms with Gasteiger partial charge in [-0.3, -0.25) is 9.88 Å².